The van der Waals surface area contributed by atoms with Crippen molar-refractivity contribution in [2.45, 2.75) is 39.7 Å². The SMILES string of the molecule is CC.Cc1cnn(C2CC3(CNC3)C2)c1-c1cc(F)ccc1F. The van der Waals surface area contributed by atoms with Gasteiger partial charge < -0.3 is 5.32 Å². The molecule has 1 aliphatic heterocycles. The monoisotopic (exact) mass is 319 g/mol. The van der Waals surface area contributed by atoms with Crippen molar-refractivity contribution in [1.29, 1.82) is 0 Å². The summed E-state index contributed by atoms with van der Waals surface area (Å²) in [6.45, 7) is 8.02. The van der Waals surface area contributed by atoms with Gasteiger partial charge in [-0.15, -0.1) is 0 Å². The molecule has 1 aliphatic carbocycles. The third-order valence-electron chi connectivity index (χ3n) is 4.85. The van der Waals surface area contributed by atoms with E-state index in [-0.39, 0.29) is 0 Å². The molecule has 0 bridgehead atoms. The molecular weight excluding hydrogens is 296 g/mol. The molecule has 1 aromatic carbocycles. The van der Waals surface area contributed by atoms with Gasteiger partial charge in [0.15, 0.2) is 0 Å². The summed E-state index contributed by atoms with van der Waals surface area (Å²) in [4.78, 5) is 0. The molecule has 0 atom stereocenters. The molecule has 1 saturated heterocycles. The highest BCUT2D eigenvalue weighted by atomic mass is 19.1. The van der Waals surface area contributed by atoms with Crippen LogP contribution in [0.5, 0.6) is 0 Å². The zero-order valence-corrected chi connectivity index (χ0v) is 13.9. The molecule has 124 valence electrons. The smallest absolute Gasteiger partial charge is 0.132 e. The Morgan fingerprint density at radius 1 is 1.22 bits per heavy atom. The maximum absolute atomic E-state index is 14.1. The largest absolute Gasteiger partial charge is 0.316 e. The maximum atomic E-state index is 14.1. The zero-order chi connectivity index (χ0) is 16.6. The van der Waals surface area contributed by atoms with Crippen molar-refractivity contribution >= 4 is 0 Å². The normalized spacial score (nSPS) is 18.8. The Morgan fingerprint density at radius 2 is 1.91 bits per heavy atom. The summed E-state index contributed by atoms with van der Waals surface area (Å²) in [5, 5.41) is 7.72. The van der Waals surface area contributed by atoms with Gasteiger partial charge in [-0.1, -0.05) is 13.8 Å². The summed E-state index contributed by atoms with van der Waals surface area (Å²) >= 11 is 0. The van der Waals surface area contributed by atoms with Crippen LogP contribution >= 0.6 is 0 Å². The number of nitrogens with zero attached hydrogens (tertiary/aromatic N) is 2. The van der Waals surface area contributed by atoms with Crippen LogP contribution in [-0.2, 0) is 0 Å². The van der Waals surface area contributed by atoms with E-state index in [4.69, 9.17) is 0 Å². The lowest BCUT2D eigenvalue weighted by atomic mass is 9.61. The van der Waals surface area contributed by atoms with E-state index in [1.807, 2.05) is 25.5 Å². The first-order chi connectivity index (χ1) is 11.1. The van der Waals surface area contributed by atoms with E-state index >= 15 is 0 Å². The predicted molar refractivity (Wildman–Crippen MR) is 87.2 cm³/mol. The molecule has 1 aromatic heterocycles. The van der Waals surface area contributed by atoms with Gasteiger partial charge >= 0.3 is 0 Å². The first-order valence-electron chi connectivity index (χ1n) is 8.28. The van der Waals surface area contributed by atoms with Gasteiger partial charge in [-0.3, -0.25) is 4.68 Å². The van der Waals surface area contributed by atoms with Crippen LogP contribution in [0.1, 0.15) is 38.3 Å². The quantitative estimate of drug-likeness (QED) is 0.903. The highest BCUT2D eigenvalue weighted by Gasteiger charge is 2.49. The van der Waals surface area contributed by atoms with E-state index in [9.17, 15) is 8.78 Å². The van der Waals surface area contributed by atoms with Crippen LogP contribution in [0.15, 0.2) is 24.4 Å². The van der Waals surface area contributed by atoms with Gasteiger partial charge in [0.2, 0.25) is 0 Å². The minimum absolute atomic E-state index is 0.290. The standard InChI is InChI=1S/C16H17F2N3.C2H6/c1-10-7-20-21(12-5-16(6-12)8-19-9-16)15(10)13-4-11(17)2-3-14(13)18;1-2/h2-4,7,12,19H,5-6,8-9H2,1H3;1-2H3. The first kappa shape index (κ1) is 16.1. The van der Waals surface area contributed by atoms with Crippen LogP contribution in [0, 0.1) is 24.0 Å². The van der Waals surface area contributed by atoms with Crippen molar-refractivity contribution in [3.8, 4) is 11.3 Å². The Kier molecular flexibility index (Phi) is 4.23. The summed E-state index contributed by atoms with van der Waals surface area (Å²) in [5.74, 6) is -0.826. The Hall–Kier alpha value is -1.75. The second-order valence-corrected chi connectivity index (χ2v) is 6.41. The van der Waals surface area contributed by atoms with E-state index in [1.54, 1.807) is 6.20 Å². The fraction of sp³-hybridized carbons (Fsp3) is 0.500. The van der Waals surface area contributed by atoms with Crippen LogP contribution in [0.3, 0.4) is 0 Å². The zero-order valence-electron chi connectivity index (χ0n) is 13.9. The number of hydrogen-bond acceptors (Lipinski definition) is 2. The van der Waals surface area contributed by atoms with Crippen molar-refractivity contribution in [3.63, 3.8) is 0 Å². The van der Waals surface area contributed by atoms with Gasteiger partial charge in [0.25, 0.3) is 0 Å². The van der Waals surface area contributed by atoms with E-state index in [1.165, 1.54) is 12.1 Å². The van der Waals surface area contributed by atoms with Crippen molar-refractivity contribution in [3.05, 3.63) is 41.6 Å². The van der Waals surface area contributed by atoms with Crippen molar-refractivity contribution in [2.24, 2.45) is 5.41 Å². The molecule has 4 rings (SSSR count). The number of halogens is 2. The van der Waals surface area contributed by atoms with E-state index < -0.39 is 11.6 Å². The topological polar surface area (TPSA) is 29.9 Å². The number of rotatable bonds is 2. The van der Waals surface area contributed by atoms with E-state index in [0.717, 1.165) is 37.6 Å². The summed E-state index contributed by atoms with van der Waals surface area (Å²) in [7, 11) is 0. The summed E-state index contributed by atoms with van der Waals surface area (Å²) < 4.78 is 29.5. The molecule has 5 heteroatoms. The second kappa shape index (κ2) is 6.04. The number of aromatic nitrogens is 2. The third kappa shape index (κ3) is 2.67. The fourth-order valence-corrected chi connectivity index (χ4v) is 3.62. The van der Waals surface area contributed by atoms with Crippen LogP contribution in [0.4, 0.5) is 8.78 Å². The van der Waals surface area contributed by atoms with Gasteiger partial charge in [0, 0.05) is 18.7 Å². The molecule has 1 spiro atoms. The maximum Gasteiger partial charge on any atom is 0.132 e. The van der Waals surface area contributed by atoms with Crippen molar-refractivity contribution < 1.29 is 8.78 Å². The van der Waals surface area contributed by atoms with Crippen LogP contribution in [0.2, 0.25) is 0 Å². The minimum atomic E-state index is -0.424. The Morgan fingerprint density at radius 3 is 2.52 bits per heavy atom. The number of aryl methyl sites for hydroxylation is 1. The Labute approximate surface area is 135 Å². The van der Waals surface area contributed by atoms with Crippen LogP contribution in [-0.4, -0.2) is 22.9 Å². The second-order valence-electron chi connectivity index (χ2n) is 6.41. The molecule has 0 radical (unpaired) electrons. The predicted octanol–water partition coefficient (Wildman–Crippen LogP) is 4.09. The molecule has 3 nitrogen and oxygen atoms in total. The van der Waals surface area contributed by atoms with Crippen LogP contribution < -0.4 is 5.32 Å². The van der Waals surface area contributed by atoms with E-state index in [2.05, 4.69) is 10.4 Å². The molecule has 0 unspecified atom stereocenters. The van der Waals surface area contributed by atoms with Crippen molar-refractivity contribution in [2.75, 3.05) is 13.1 Å². The average molecular weight is 319 g/mol. The molecule has 2 fully saturated rings. The average Bonchev–Trinajstić information content (AvgIpc) is 2.83. The molecule has 1 N–H and O–H groups in total. The molecular formula is C18H23F2N3. The number of nitrogens with one attached hydrogen (secondary N) is 1. The number of benzene rings is 1. The third-order valence-corrected chi connectivity index (χ3v) is 4.85. The van der Waals surface area contributed by atoms with Crippen molar-refractivity contribution in [1.82, 2.24) is 15.1 Å². The molecule has 0 amide bonds. The Bertz CT molecular complexity index is 696. The highest BCUT2D eigenvalue weighted by molar-refractivity contribution is 5.64. The molecule has 2 aliphatic rings. The fourth-order valence-electron chi connectivity index (χ4n) is 3.62. The molecule has 2 heterocycles. The van der Waals surface area contributed by atoms with Gasteiger partial charge in [-0.05, 0) is 48.9 Å². The first-order valence-corrected chi connectivity index (χ1v) is 8.28. The van der Waals surface area contributed by atoms with Gasteiger partial charge in [-0.2, -0.15) is 5.10 Å². The summed E-state index contributed by atoms with van der Waals surface area (Å²) in [6.07, 6.45) is 3.86. The lowest BCUT2D eigenvalue weighted by Gasteiger charge is -2.54. The molecule has 1 saturated carbocycles. The lowest BCUT2D eigenvalue weighted by Crippen LogP contribution is -2.60. The highest BCUT2D eigenvalue weighted by Crippen LogP contribution is 2.51. The van der Waals surface area contributed by atoms with Gasteiger partial charge in [-0.25, -0.2) is 8.78 Å². The molecule has 2 aromatic rings. The summed E-state index contributed by atoms with van der Waals surface area (Å²) in [5.41, 5.74) is 2.31. The minimum Gasteiger partial charge on any atom is -0.316 e. The lowest BCUT2D eigenvalue weighted by molar-refractivity contribution is 0.00308. The summed E-state index contributed by atoms with van der Waals surface area (Å²) in [6, 6.07) is 3.88. The van der Waals surface area contributed by atoms with Gasteiger partial charge in [0.1, 0.15) is 11.6 Å². The van der Waals surface area contributed by atoms with Crippen LogP contribution in [0.25, 0.3) is 11.3 Å². The Balaban J connectivity index is 0.000000753. The van der Waals surface area contributed by atoms with E-state index in [0.29, 0.717) is 22.7 Å². The number of hydrogen-bond donors (Lipinski definition) is 1. The molecule has 23 heavy (non-hydrogen) atoms. The van der Waals surface area contributed by atoms with Gasteiger partial charge in [0.05, 0.1) is 17.9 Å².